The van der Waals surface area contributed by atoms with Crippen molar-refractivity contribution < 1.29 is 20.1 Å². The molecule has 1 aliphatic heterocycles. The Morgan fingerprint density at radius 3 is 2.71 bits per heavy atom. The molecule has 17 heavy (non-hydrogen) atoms. The van der Waals surface area contributed by atoms with Gasteiger partial charge in [0.1, 0.15) is 18.2 Å². The van der Waals surface area contributed by atoms with E-state index >= 15 is 0 Å². The lowest BCUT2D eigenvalue weighted by molar-refractivity contribution is -0.0954. The van der Waals surface area contributed by atoms with Crippen LogP contribution in [0.25, 0.3) is 0 Å². The molecule has 98 valence electrons. The van der Waals surface area contributed by atoms with E-state index in [-0.39, 0.29) is 18.6 Å². The third-order valence-electron chi connectivity index (χ3n) is 3.65. The maximum Gasteiger partial charge on any atom is 0.287 e. The molecular formula is C11H20N2O4. The van der Waals surface area contributed by atoms with Crippen LogP contribution in [0.4, 0.5) is 0 Å². The maximum absolute atomic E-state index is 9.95. The molecule has 2 aliphatic rings. The lowest BCUT2D eigenvalue weighted by Crippen LogP contribution is -2.52. The lowest BCUT2D eigenvalue weighted by Gasteiger charge is -2.36. The van der Waals surface area contributed by atoms with Crippen LogP contribution >= 0.6 is 0 Å². The molecule has 6 heteroatoms. The second-order valence-corrected chi connectivity index (χ2v) is 4.73. The Bertz CT molecular complexity index is 310. The first-order chi connectivity index (χ1) is 8.08. The first-order valence-electron chi connectivity index (χ1n) is 6.01. The molecule has 3 N–H and O–H groups in total. The van der Waals surface area contributed by atoms with Crippen LogP contribution < -0.4 is 0 Å². The predicted octanol–water partition coefficient (Wildman–Crippen LogP) is -1.20. The van der Waals surface area contributed by atoms with Crippen molar-refractivity contribution in [2.75, 3.05) is 20.2 Å². The van der Waals surface area contributed by atoms with E-state index in [1.165, 1.54) is 0 Å². The Hall–Kier alpha value is -0.850. The minimum Gasteiger partial charge on any atom is -0.459 e. The molecular weight excluding hydrogens is 224 g/mol. The Morgan fingerprint density at radius 1 is 1.41 bits per heavy atom. The van der Waals surface area contributed by atoms with E-state index in [2.05, 4.69) is 4.99 Å². The van der Waals surface area contributed by atoms with Crippen LogP contribution in [-0.2, 0) is 4.74 Å². The fourth-order valence-electron chi connectivity index (χ4n) is 2.36. The first-order valence-corrected chi connectivity index (χ1v) is 6.01. The molecule has 1 aliphatic carbocycles. The van der Waals surface area contributed by atoms with Gasteiger partial charge >= 0.3 is 0 Å². The van der Waals surface area contributed by atoms with E-state index in [0.717, 1.165) is 6.54 Å². The average Bonchev–Trinajstić information content (AvgIpc) is 2.76. The summed E-state index contributed by atoms with van der Waals surface area (Å²) >= 11 is 0. The molecule has 0 aromatic rings. The number of rotatable bonds is 2. The highest BCUT2D eigenvalue weighted by Gasteiger charge is 2.48. The first kappa shape index (κ1) is 12.6. The van der Waals surface area contributed by atoms with Gasteiger partial charge in [-0.05, 0) is 13.3 Å². The van der Waals surface area contributed by atoms with Crippen LogP contribution in [0.15, 0.2) is 4.99 Å². The molecule has 0 amide bonds. The Kier molecular flexibility index (Phi) is 3.56. The highest BCUT2D eigenvalue weighted by Crippen LogP contribution is 2.33. The molecule has 0 saturated heterocycles. The summed E-state index contributed by atoms with van der Waals surface area (Å²) in [7, 11) is 1.86. The molecule has 0 aromatic heterocycles. The van der Waals surface area contributed by atoms with Crippen molar-refractivity contribution in [3.05, 3.63) is 0 Å². The normalized spacial score (nSPS) is 40.5. The van der Waals surface area contributed by atoms with Gasteiger partial charge in [-0.15, -0.1) is 0 Å². The van der Waals surface area contributed by atoms with Gasteiger partial charge in [0.25, 0.3) is 6.02 Å². The SMILES string of the molecule is CCN(C)C1=NC2C(CC(CO)C(O)C2O)O1. The monoisotopic (exact) mass is 244 g/mol. The summed E-state index contributed by atoms with van der Waals surface area (Å²) in [6.45, 7) is 2.60. The lowest BCUT2D eigenvalue weighted by atomic mass is 9.80. The van der Waals surface area contributed by atoms with Crippen LogP contribution in [0, 0.1) is 5.92 Å². The van der Waals surface area contributed by atoms with Crippen molar-refractivity contribution >= 4 is 6.02 Å². The molecule has 0 bridgehead atoms. The number of hydrogen-bond acceptors (Lipinski definition) is 6. The highest BCUT2D eigenvalue weighted by molar-refractivity contribution is 5.75. The summed E-state index contributed by atoms with van der Waals surface area (Å²) in [6, 6.07) is 0.0872. The molecule has 1 saturated carbocycles. The van der Waals surface area contributed by atoms with Crippen molar-refractivity contribution in [3.63, 3.8) is 0 Å². The fourth-order valence-corrected chi connectivity index (χ4v) is 2.36. The van der Waals surface area contributed by atoms with Gasteiger partial charge < -0.3 is 25.0 Å². The molecule has 1 fully saturated rings. The van der Waals surface area contributed by atoms with Crippen LogP contribution in [0.3, 0.4) is 0 Å². The minimum absolute atomic E-state index is 0.149. The number of aliphatic hydroxyl groups excluding tert-OH is 3. The van der Waals surface area contributed by atoms with E-state index in [1.54, 1.807) is 0 Å². The van der Waals surface area contributed by atoms with Crippen LogP contribution in [0.2, 0.25) is 0 Å². The van der Waals surface area contributed by atoms with E-state index < -0.39 is 18.2 Å². The van der Waals surface area contributed by atoms with E-state index in [4.69, 9.17) is 9.84 Å². The van der Waals surface area contributed by atoms with Gasteiger partial charge in [-0.3, -0.25) is 0 Å². The van der Waals surface area contributed by atoms with Gasteiger partial charge in [-0.1, -0.05) is 0 Å². The smallest absolute Gasteiger partial charge is 0.287 e. The Labute approximate surface area is 101 Å². The van der Waals surface area contributed by atoms with Crippen LogP contribution in [0.5, 0.6) is 0 Å². The topological polar surface area (TPSA) is 85.5 Å². The van der Waals surface area contributed by atoms with Crippen LogP contribution in [-0.4, -0.2) is 70.8 Å². The van der Waals surface area contributed by atoms with Gasteiger partial charge in [0.15, 0.2) is 0 Å². The second-order valence-electron chi connectivity index (χ2n) is 4.73. The summed E-state index contributed by atoms with van der Waals surface area (Å²) in [5.41, 5.74) is 0. The molecule has 0 radical (unpaired) electrons. The molecule has 0 spiro atoms. The number of amidine groups is 1. The quantitative estimate of drug-likeness (QED) is 0.568. The second kappa shape index (κ2) is 4.80. The third kappa shape index (κ3) is 2.12. The average molecular weight is 244 g/mol. The third-order valence-corrected chi connectivity index (χ3v) is 3.65. The summed E-state index contributed by atoms with van der Waals surface area (Å²) in [5, 5.41) is 28.9. The highest BCUT2D eigenvalue weighted by atomic mass is 16.5. The summed E-state index contributed by atoms with van der Waals surface area (Å²) in [5.74, 6) is -0.340. The minimum atomic E-state index is -0.964. The fraction of sp³-hybridized carbons (Fsp3) is 0.909. The van der Waals surface area contributed by atoms with Gasteiger partial charge in [0, 0.05) is 26.1 Å². The van der Waals surface area contributed by atoms with Gasteiger partial charge in [-0.25, -0.2) is 4.99 Å². The molecule has 5 unspecified atom stereocenters. The van der Waals surface area contributed by atoms with Crippen molar-refractivity contribution in [1.29, 1.82) is 0 Å². The molecule has 2 rings (SSSR count). The zero-order chi connectivity index (χ0) is 12.6. The molecule has 6 nitrogen and oxygen atoms in total. The number of hydrogen-bond donors (Lipinski definition) is 3. The molecule has 0 aromatic carbocycles. The molecule has 5 atom stereocenters. The van der Waals surface area contributed by atoms with Crippen molar-refractivity contribution in [1.82, 2.24) is 4.90 Å². The summed E-state index contributed by atoms with van der Waals surface area (Å²) in [6.07, 6.45) is -1.62. The zero-order valence-electron chi connectivity index (χ0n) is 10.2. The number of aliphatic hydroxyl groups is 3. The van der Waals surface area contributed by atoms with E-state index in [9.17, 15) is 10.2 Å². The summed E-state index contributed by atoms with van der Waals surface area (Å²) in [4.78, 5) is 6.16. The van der Waals surface area contributed by atoms with Gasteiger partial charge in [-0.2, -0.15) is 0 Å². The largest absolute Gasteiger partial charge is 0.459 e. The number of fused-ring (bicyclic) bond motifs is 1. The predicted molar refractivity (Wildman–Crippen MR) is 61.6 cm³/mol. The van der Waals surface area contributed by atoms with Crippen molar-refractivity contribution in [2.24, 2.45) is 10.9 Å². The van der Waals surface area contributed by atoms with Crippen molar-refractivity contribution in [3.8, 4) is 0 Å². The number of aliphatic imine (C=N–C) groups is 1. The number of ether oxygens (including phenoxy) is 1. The zero-order valence-corrected chi connectivity index (χ0v) is 10.2. The van der Waals surface area contributed by atoms with Gasteiger partial charge in [0.05, 0.1) is 6.10 Å². The van der Waals surface area contributed by atoms with Crippen LogP contribution in [0.1, 0.15) is 13.3 Å². The van der Waals surface area contributed by atoms with Crippen molar-refractivity contribution in [2.45, 2.75) is 37.7 Å². The maximum atomic E-state index is 9.95. The molecule has 1 heterocycles. The van der Waals surface area contributed by atoms with E-state index in [1.807, 2.05) is 18.9 Å². The Balaban J connectivity index is 2.12. The van der Waals surface area contributed by atoms with E-state index in [0.29, 0.717) is 12.4 Å². The number of nitrogens with zero attached hydrogens (tertiary/aromatic N) is 2. The Morgan fingerprint density at radius 2 is 2.12 bits per heavy atom. The summed E-state index contributed by atoms with van der Waals surface area (Å²) < 4.78 is 5.66. The standard InChI is InChI=1S/C11H20N2O4/c1-3-13(2)11-12-8-7(17-11)4-6(5-14)9(15)10(8)16/h6-10,14-16H,3-5H2,1-2H3. The van der Waals surface area contributed by atoms with Gasteiger partial charge in [0.2, 0.25) is 0 Å².